The molecular formula is C15H24N2. The van der Waals surface area contributed by atoms with E-state index in [9.17, 15) is 0 Å². The molecule has 0 bridgehead atoms. The van der Waals surface area contributed by atoms with Crippen LogP contribution in [-0.2, 0) is 0 Å². The summed E-state index contributed by atoms with van der Waals surface area (Å²) in [6.45, 7) is 4.37. The number of aryl methyl sites for hydroxylation is 1. The van der Waals surface area contributed by atoms with Crippen molar-refractivity contribution in [2.24, 2.45) is 5.92 Å². The molecule has 0 saturated heterocycles. The number of hydrogen-bond acceptors (Lipinski definition) is 2. The lowest BCUT2D eigenvalue weighted by molar-refractivity contribution is 0.330. The molecule has 0 aliphatic heterocycles. The number of hydrogen-bond donors (Lipinski definition) is 2. The molecule has 0 heterocycles. The normalized spacial score (nSPS) is 24.6. The van der Waals surface area contributed by atoms with E-state index in [0.717, 1.165) is 22.9 Å². The van der Waals surface area contributed by atoms with Crippen LogP contribution in [0, 0.1) is 12.8 Å². The van der Waals surface area contributed by atoms with Crippen LogP contribution in [0.2, 0.25) is 0 Å². The Morgan fingerprint density at radius 2 is 1.94 bits per heavy atom. The van der Waals surface area contributed by atoms with Crippen LogP contribution in [0.1, 0.15) is 44.6 Å². The predicted molar refractivity (Wildman–Crippen MR) is 75.3 cm³/mol. The van der Waals surface area contributed by atoms with Crippen molar-refractivity contribution in [2.75, 3.05) is 11.1 Å². The van der Waals surface area contributed by atoms with Crippen molar-refractivity contribution in [3.05, 3.63) is 23.8 Å². The van der Waals surface area contributed by atoms with Crippen LogP contribution in [0.25, 0.3) is 0 Å². The molecule has 0 spiro atoms. The summed E-state index contributed by atoms with van der Waals surface area (Å²) in [7, 11) is 0. The maximum absolute atomic E-state index is 6.09. The van der Waals surface area contributed by atoms with Crippen molar-refractivity contribution < 1.29 is 0 Å². The summed E-state index contributed by atoms with van der Waals surface area (Å²) in [5.41, 5.74) is 9.28. The van der Waals surface area contributed by atoms with Gasteiger partial charge in [-0.3, -0.25) is 0 Å². The van der Waals surface area contributed by atoms with E-state index in [1.54, 1.807) is 0 Å². The smallest absolute Gasteiger partial charge is 0.0579 e. The summed E-state index contributed by atoms with van der Waals surface area (Å²) in [6, 6.07) is 6.84. The Morgan fingerprint density at radius 1 is 1.24 bits per heavy atom. The first-order valence-corrected chi connectivity index (χ1v) is 6.82. The largest absolute Gasteiger partial charge is 0.397 e. The standard InChI is InChI=1S/C15H24N2/c1-3-12-7-9-13(10-8-12)17-14-6-4-5-11(2)15(14)16/h4-6,12-13,17H,3,7-10,16H2,1-2H3. The lowest BCUT2D eigenvalue weighted by Crippen LogP contribution is -2.26. The van der Waals surface area contributed by atoms with E-state index in [0.29, 0.717) is 6.04 Å². The van der Waals surface area contributed by atoms with Crippen molar-refractivity contribution in [1.29, 1.82) is 0 Å². The number of nitrogens with one attached hydrogen (secondary N) is 1. The molecule has 2 rings (SSSR count). The lowest BCUT2D eigenvalue weighted by atomic mass is 9.84. The third kappa shape index (κ3) is 2.93. The first-order valence-electron chi connectivity index (χ1n) is 6.82. The number of nitrogens with two attached hydrogens (primary N) is 1. The number of nitrogen functional groups attached to an aromatic ring is 1. The number of rotatable bonds is 3. The third-order valence-corrected chi connectivity index (χ3v) is 4.11. The van der Waals surface area contributed by atoms with Crippen molar-refractivity contribution in [1.82, 2.24) is 0 Å². The zero-order valence-electron chi connectivity index (χ0n) is 11.0. The van der Waals surface area contributed by atoms with Crippen LogP contribution in [0.5, 0.6) is 0 Å². The quantitative estimate of drug-likeness (QED) is 0.774. The van der Waals surface area contributed by atoms with E-state index in [1.807, 2.05) is 0 Å². The molecule has 94 valence electrons. The highest BCUT2D eigenvalue weighted by Crippen LogP contribution is 2.30. The molecule has 1 aromatic rings. The van der Waals surface area contributed by atoms with Crippen LogP contribution in [0.15, 0.2) is 18.2 Å². The fourth-order valence-electron chi connectivity index (χ4n) is 2.74. The molecule has 3 N–H and O–H groups in total. The molecule has 0 radical (unpaired) electrons. The summed E-state index contributed by atoms with van der Waals surface area (Å²) < 4.78 is 0. The minimum atomic E-state index is 0.613. The number of para-hydroxylation sites is 1. The second-order valence-electron chi connectivity index (χ2n) is 5.31. The molecule has 2 heteroatoms. The van der Waals surface area contributed by atoms with Crippen LogP contribution in [0.3, 0.4) is 0 Å². The van der Waals surface area contributed by atoms with E-state index in [1.165, 1.54) is 32.1 Å². The molecule has 0 amide bonds. The summed E-state index contributed by atoms with van der Waals surface area (Å²) >= 11 is 0. The Bertz CT molecular complexity index is 365. The van der Waals surface area contributed by atoms with Gasteiger partial charge in [0.1, 0.15) is 0 Å². The lowest BCUT2D eigenvalue weighted by Gasteiger charge is -2.29. The number of anilines is 2. The van der Waals surface area contributed by atoms with Gasteiger partial charge in [-0.1, -0.05) is 25.5 Å². The molecule has 17 heavy (non-hydrogen) atoms. The number of benzene rings is 1. The fourth-order valence-corrected chi connectivity index (χ4v) is 2.74. The van der Waals surface area contributed by atoms with E-state index >= 15 is 0 Å². The highest BCUT2D eigenvalue weighted by molar-refractivity contribution is 5.69. The van der Waals surface area contributed by atoms with Crippen molar-refractivity contribution in [3.8, 4) is 0 Å². The monoisotopic (exact) mass is 232 g/mol. The van der Waals surface area contributed by atoms with Crippen LogP contribution < -0.4 is 11.1 Å². The minimum absolute atomic E-state index is 0.613. The average molecular weight is 232 g/mol. The van der Waals surface area contributed by atoms with E-state index < -0.39 is 0 Å². The molecule has 0 unspecified atom stereocenters. The zero-order valence-corrected chi connectivity index (χ0v) is 11.0. The predicted octanol–water partition coefficient (Wildman–Crippen LogP) is 3.96. The van der Waals surface area contributed by atoms with Gasteiger partial charge < -0.3 is 11.1 Å². The Morgan fingerprint density at radius 3 is 2.59 bits per heavy atom. The first-order chi connectivity index (χ1) is 8.20. The zero-order chi connectivity index (χ0) is 12.3. The minimum Gasteiger partial charge on any atom is -0.397 e. The second kappa shape index (κ2) is 5.44. The Hall–Kier alpha value is -1.18. The van der Waals surface area contributed by atoms with Gasteiger partial charge in [0.25, 0.3) is 0 Å². The maximum atomic E-state index is 6.09. The molecular weight excluding hydrogens is 208 g/mol. The third-order valence-electron chi connectivity index (χ3n) is 4.11. The molecule has 1 aliphatic carbocycles. The summed E-state index contributed by atoms with van der Waals surface area (Å²) in [5.74, 6) is 0.947. The fraction of sp³-hybridized carbons (Fsp3) is 0.600. The second-order valence-corrected chi connectivity index (χ2v) is 5.31. The van der Waals surface area contributed by atoms with Crippen LogP contribution >= 0.6 is 0 Å². The van der Waals surface area contributed by atoms with Gasteiger partial charge in [0.2, 0.25) is 0 Å². The van der Waals surface area contributed by atoms with Gasteiger partial charge in [-0.25, -0.2) is 0 Å². The van der Waals surface area contributed by atoms with E-state index in [4.69, 9.17) is 5.73 Å². The highest BCUT2D eigenvalue weighted by atomic mass is 14.9. The SMILES string of the molecule is CCC1CCC(Nc2cccc(C)c2N)CC1. The van der Waals surface area contributed by atoms with Gasteiger partial charge in [0, 0.05) is 6.04 Å². The van der Waals surface area contributed by atoms with Gasteiger partial charge in [-0.05, 0) is 50.2 Å². The molecule has 0 aromatic heterocycles. The molecule has 2 nitrogen and oxygen atoms in total. The first kappa shape index (κ1) is 12.3. The van der Waals surface area contributed by atoms with E-state index in [2.05, 4.69) is 37.4 Å². The average Bonchev–Trinajstić information content (AvgIpc) is 2.36. The topological polar surface area (TPSA) is 38.0 Å². The molecule has 1 aliphatic rings. The molecule has 1 saturated carbocycles. The Balaban J connectivity index is 1.95. The molecule has 1 fully saturated rings. The van der Waals surface area contributed by atoms with Gasteiger partial charge in [0.15, 0.2) is 0 Å². The molecule has 1 aromatic carbocycles. The van der Waals surface area contributed by atoms with Gasteiger partial charge in [-0.15, -0.1) is 0 Å². The highest BCUT2D eigenvalue weighted by Gasteiger charge is 2.20. The van der Waals surface area contributed by atoms with Crippen molar-refractivity contribution in [3.63, 3.8) is 0 Å². The summed E-state index contributed by atoms with van der Waals surface area (Å²) in [6.07, 6.45) is 6.62. The summed E-state index contributed by atoms with van der Waals surface area (Å²) in [4.78, 5) is 0. The van der Waals surface area contributed by atoms with Crippen molar-refractivity contribution >= 4 is 11.4 Å². The van der Waals surface area contributed by atoms with Crippen LogP contribution in [0.4, 0.5) is 11.4 Å². The Labute approximate surface area is 105 Å². The van der Waals surface area contributed by atoms with Gasteiger partial charge in [0.05, 0.1) is 11.4 Å². The summed E-state index contributed by atoms with van der Waals surface area (Å²) in [5, 5.41) is 3.61. The van der Waals surface area contributed by atoms with Gasteiger partial charge in [-0.2, -0.15) is 0 Å². The van der Waals surface area contributed by atoms with E-state index in [-0.39, 0.29) is 0 Å². The van der Waals surface area contributed by atoms with Crippen LogP contribution in [-0.4, -0.2) is 6.04 Å². The van der Waals surface area contributed by atoms with Crippen molar-refractivity contribution in [2.45, 2.75) is 52.0 Å². The Kier molecular flexibility index (Phi) is 3.93. The maximum Gasteiger partial charge on any atom is 0.0579 e. The molecule has 0 atom stereocenters. The van der Waals surface area contributed by atoms with Gasteiger partial charge >= 0.3 is 0 Å².